The standard InChI is InChI=1S/C37H44F5NO4S/c1-22-43-25(18-48-22)10-7-23-5-8-24(9-6-23)27-17-32(4)28(13-16-35(32,45)36(38,39)37(40,41)42)26-11-14-33(44)19-34(15-12-29(33)30(26)27)46-20-31(2,3)21-47-34/h5-10,18,26-28,44-45H,11-17,19-21H2,1-4H3/b10-7+/t26-,27+,28-,32-,33+,35-/m0/s1. The van der Waals surface area contributed by atoms with Crippen LogP contribution >= 0.6 is 11.3 Å². The van der Waals surface area contributed by atoms with Crippen LogP contribution in [-0.2, 0) is 9.47 Å². The molecule has 4 aliphatic carbocycles. The molecule has 0 radical (unpaired) electrons. The van der Waals surface area contributed by atoms with E-state index in [1.807, 2.05) is 48.7 Å². The maximum atomic E-state index is 15.4. The third-order valence-corrected chi connectivity index (χ3v) is 13.1. The fourth-order valence-electron chi connectivity index (χ4n) is 9.78. The highest BCUT2D eigenvalue weighted by Gasteiger charge is 2.79. The lowest BCUT2D eigenvalue weighted by atomic mass is 9.49. The van der Waals surface area contributed by atoms with E-state index >= 15 is 8.78 Å². The van der Waals surface area contributed by atoms with Crippen LogP contribution in [0, 0.1) is 29.6 Å². The quantitative estimate of drug-likeness (QED) is 0.247. The Balaban J connectivity index is 1.30. The molecule has 0 bridgehead atoms. The number of benzene rings is 1. The van der Waals surface area contributed by atoms with Crippen LogP contribution in [0.2, 0.25) is 0 Å². The largest absolute Gasteiger partial charge is 0.456 e. The smallest absolute Gasteiger partial charge is 0.385 e. The fraction of sp³-hybridized carbons (Fsp3) is 0.649. The summed E-state index contributed by atoms with van der Waals surface area (Å²) in [5.74, 6) is -7.71. The van der Waals surface area contributed by atoms with E-state index in [1.165, 1.54) is 6.92 Å². The van der Waals surface area contributed by atoms with E-state index in [0.717, 1.165) is 33.0 Å². The SMILES string of the molecule is Cc1nc(/C=C/c2ccc([C@H]3C[C@@]4(C)[C@@H](CC[C@@]4(O)C(F)(F)C(F)(F)F)[C@@H]4CC[C@@]5(O)CC6(CCC5=C43)OCC(C)(C)CO6)cc2)cs1. The third-order valence-electron chi connectivity index (χ3n) is 12.3. The number of aromatic nitrogens is 1. The fourth-order valence-corrected chi connectivity index (χ4v) is 10.4. The number of hydrogen-bond acceptors (Lipinski definition) is 6. The Bertz CT molecular complexity index is 1620. The van der Waals surface area contributed by atoms with Gasteiger partial charge in [-0.05, 0) is 80.1 Å². The molecule has 5 aliphatic rings. The van der Waals surface area contributed by atoms with Gasteiger partial charge in [0.2, 0.25) is 0 Å². The van der Waals surface area contributed by atoms with Gasteiger partial charge < -0.3 is 19.7 Å². The first-order valence-electron chi connectivity index (χ1n) is 16.9. The molecule has 262 valence electrons. The number of nitrogens with zero attached hydrogens (tertiary/aromatic N) is 1. The molecule has 4 fully saturated rings. The Labute approximate surface area is 282 Å². The van der Waals surface area contributed by atoms with Gasteiger partial charge in [0, 0.05) is 35.0 Å². The number of fused-ring (bicyclic) bond motifs is 4. The van der Waals surface area contributed by atoms with Crippen LogP contribution in [0.25, 0.3) is 12.2 Å². The number of hydrogen-bond donors (Lipinski definition) is 2. The number of aryl methyl sites for hydroxylation is 1. The van der Waals surface area contributed by atoms with E-state index in [0.29, 0.717) is 38.9 Å². The zero-order chi connectivity index (χ0) is 34.5. The van der Waals surface area contributed by atoms with Crippen molar-refractivity contribution >= 4 is 23.5 Å². The highest BCUT2D eigenvalue weighted by Crippen LogP contribution is 2.71. The maximum Gasteiger partial charge on any atom is 0.456 e. The summed E-state index contributed by atoms with van der Waals surface area (Å²) in [7, 11) is 0. The zero-order valence-electron chi connectivity index (χ0n) is 27.8. The average molecular weight is 694 g/mol. The third kappa shape index (κ3) is 5.24. The second-order valence-electron chi connectivity index (χ2n) is 16.0. The Hall–Kier alpha value is -2.18. The second-order valence-corrected chi connectivity index (χ2v) is 17.0. The van der Waals surface area contributed by atoms with Crippen LogP contribution in [-0.4, -0.2) is 57.5 Å². The molecule has 2 heterocycles. The minimum atomic E-state index is -5.89. The molecular weight excluding hydrogens is 649 g/mol. The first-order chi connectivity index (χ1) is 22.3. The van der Waals surface area contributed by atoms with Crippen molar-refractivity contribution < 1.29 is 41.6 Å². The Morgan fingerprint density at radius 1 is 0.938 bits per heavy atom. The van der Waals surface area contributed by atoms with Crippen LogP contribution in [0.1, 0.15) is 99.9 Å². The Kier molecular flexibility index (Phi) is 7.97. The lowest BCUT2D eigenvalue weighted by molar-refractivity contribution is -0.362. The number of thiazole rings is 1. The molecule has 1 aliphatic heterocycles. The van der Waals surface area contributed by atoms with Crippen LogP contribution < -0.4 is 0 Å². The van der Waals surface area contributed by atoms with Crippen molar-refractivity contribution in [2.75, 3.05) is 13.2 Å². The number of ether oxygens (including phenoxy) is 2. The molecule has 1 aromatic heterocycles. The van der Waals surface area contributed by atoms with E-state index < -0.39 is 52.8 Å². The molecule has 1 spiro atoms. The van der Waals surface area contributed by atoms with Gasteiger partial charge in [-0.3, -0.25) is 0 Å². The van der Waals surface area contributed by atoms with E-state index in [2.05, 4.69) is 18.8 Å². The number of allylic oxidation sites excluding steroid dienone is 1. The maximum absolute atomic E-state index is 15.4. The van der Waals surface area contributed by atoms with Crippen molar-refractivity contribution in [3.05, 3.63) is 62.6 Å². The van der Waals surface area contributed by atoms with Gasteiger partial charge in [-0.25, -0.2) is 4.98 Å². The van der Waals surface area contributed by atoms with E-state index in [1.54, 1.807) is 11.3 Å². The molecule has 11 heteroatoms. The van der Waals surface area contributed by atoms with Gasteiger partial charge in [0.15, 0.2) is 5.79 Å². The number of alkyl halides is 5. The zero-order valence-corrected chi connectivity index (χ0v) is 28.6. The summed E-state index contributed by atoms with van der Waals surface area (Å²) >= 11 is 1.55. The van der Waals surface area contributed by atoms with Crippen molar-refractivity contribution in [1.82, 2.24) is 4.98 Å². The average Bonchev–Trinajstić information content (AvgIpc) is 3.56. The van der Waals surface area contributed by atoms with Crippen molar-refractivity contribution in [2.24, 2.45) is 22.7 Å². The highest BCUT2D eigenvalue weighted by molar-refractivity contribution is 7.09. The molecule has 6 atom stereocenters. The van der Waals surface area contributed by atoms with Gasteiger partial charge in [0.25, 0.3) is 0 Å². The van der Waals surface area contributed by atoms with Gasteiger partial charge in [-0.1, -0.05) is 56.7 Å². The lowest BCUT2D eigenvalue weighted by Crippen LogP contribution is -2.65. The number of halogens is 5. The van der Waals surface area contributed by atoms with E-state index in [9.17, 15) is 23.4 Å². The molecule has 7 rings (SSSR count). The second kappa shape index (κ2) is 11.2. The van der Waals surface area contributed by atoms with Crippen LogP contribution in [0.4, 0.5) is 22.0 Å². The molecule has 1 saturated heterocycles. The summed E-state index contributed by atoms with van der Waals surface area (Å²) < 4.78 is 85.3. The van der Waals surface area contributed by atoms with E-state index in [-0.39, 0.29) is 30.6 Å². The predicted octanol–water partition coefficient (Wildman–Crippen LogP) is 8.85. The molecule has 3 saturated carbocycles. The van der Waals surface area contributed by atoms with Gasteiger partial charge in [-0.2, -0.15) is 22.0 Å². The minimum absolute atomic E-state index is 0.0519. The lowest BCUT2D eigenvalue weighted by Gasteiger charge is -2.59. The summed E-state index contributed by atoms with van der Waals surface area (Å²) in [6, 6.07) is 7.60. The minimum Gasteiger partial charge on any atom is -0.385 e. The normalized spacial score (nSPS) is 36.3. The molecule has 0 unspecified atom stereocenters. The van der Waals surface area contributed by atoms with Crippen molar-refractivity contribution in [3.8, 4) is 0 Å². The van der Waals surface area contributed by atoms with Crippen LogP contribution in [0.15, 0.2) is 40.8 Å². The molecule has 2 N–H and O–H groups in total. The molecular formula is C37H44F5NO4S. The van der Waals surface area contributed by atoms with Gasteiger partial charge in [-0.15, -0.1) is 11.3 Å². The van der Waals surface area contributed by atoms with Crippen LogP contribution in [0.3, 0.4) is 0 Å². The highest BCUT2D eigenvalue weighted by atomic mass is 32.1. The Morgan fingerprint density at radius 3 is 2.25 bits per heavy atom. The van der Waals surface area contributed by atoms with E-state index in [4.69, 9.17) is 9.47 Å². The summed E-state index contributed by atoms with van der Waals surface area (Å²) in [5, 5.41) is 26.9. The van der Waals surface area contributed by atoms with Gasteiger partial charge in [0.1, 0.15) is 5.60 Å². The number of rotatable bonds is 4. The first kappa shape index (κ1) is 34.3. The van der Waals surface area contributed by atoms with Crippen molar-refractivity contribution in [2.45, 2.75) is 114 Å². The molecule has 48 heavy (non-hydrogen) atoms. The summed E-state index contributed by atoms with van der Waals surface area (Å²) in [6.07, 6.45) is -0.787. The van der Waals surface area contributed by atoms with Crippen molar-refractivity contribution in [3.63, 3.8) is 0 Å². The molecule has 1 aromatic carbocycles. The summed E-state index contributed by atoms with van der Waals surface area (Å²) in [5.41, 5.74) is -2.12. The predicted molar refractivity (Wildman–Crippen MR) is 173 cm³/mol. The van der Waals surface area contributed by atoms with Crippen molar-refractivity contribution in [1.29, 1.82) is 0 Å². The molecule has 5 nitrogen and oxygen atoms in total. The van der Waals surface area contributed by atoms with Gasteiger partial charge in [0.05, 0.1) is 29.5 Å². The van der Waals surface area contributed by atoms with Crippen LogP contribution in [0.5, 0.6) is 0 Å². The summed E-state index contributed by atoms with van der Waals surface area (Å²) in [6.45, 7) is 8.48. The monoisotopic (exact) mass is 693 g/mol. The molecule has 0 amide bonds. The number of aliphatic hydroxyl groups is 2. The Morgan fingerprint density at radius 2 is 1.62 bits per heavy atom. The van der Waals surface area contributed by atoms with Gasteiger partial charge >= 0.3 is 12.1 Å². The molecule has 2 aromatic rings. The first-order valence-corrected chi connectivity index (χ1v) is 17.8. The summed E-state index contributed by atoms with van der Waals surface area (Å²) in [4.78, 5) is 4.45. The topological polar surface area (TPSA) is 71.8 Å².